The number of benzene rings is 1. The molecule has 1 rings (SSSR count). The molecule has 0 amide bonds. The van der Waals surface area contributed by atoms with Crippen LogP contribution in [0.15, 0.2) is 18.2 Å². The van der Waals surface area contributed by atoms with Crippen molar-refractivity contribution in [3.8, 4) is 0 Å². The first-order valence-electron chi connectivity index (χ1n) is 4.22. The Morgan fingerprint density at radius 2 is 2.08 bits per heavy atom. The highest BCUT2D eigenvalue weighted by atomic mass is 15.1. The topological polar surface area (TPSA) is 29.3 Å². The summed E-state index contributed by atoms with van der Waals surface area (Å²) in [5.74, 6) is 0. The van der Waals surface area contributed by atoms with Crippen LogP contribution in [0.3, 0.4) is 0 Å². The van der Waals surface area contributed by atoms with Crippen LogP contribution < -0.4 is 10.6 Å². The maximum absolute atomic E-state index is 5.86. The van der Waals surface area contributed by atoms with Gasteiger partial charge in [-0.25, -0.2) is 0 Å². The van der Waals surface area contributed by atoms with E-state index in [2.05, 4.69) is 24.0 Å². The Morgan fingerprint density at radius 1 is 1.42 bits per heavy atom. The van der Waals surface area contributed by atoms with Gasteiger partial charge in [-0.15, -0.1) is 0 Å². The van der Waals surface area contributed by atoms with Gasteiger partial charge in [0.05, 0.1) is 11.4 Å². The zero-order valence-electron chi connectivity index (χ0n) is 7.96. The van der Waals surface area contributed by atoms with Crippen LogP contribution >= 0.6 is 0 Å². The van der Waals surface area contributed by atoms with E-state index in [1.165, 1.54) is 5.56 Å². The highest BCUT2D eigenvalue weighted by molar-refractivity contribution is 5.67. The second kappa shape index (κ2) is 3.48. The van der Waals surface area contributed by atoms with Crippen LogP contribution in [0.2, 0.25) is 0 Å². The minimum atomic E-state index is 0.861. The van der Waals surface area contributed by atoms with Crippen LogP contribution in [0, 0.1) is 6.92 Å². The molecule has 1 aromatic carbocycles. The van der Waals surface area contributed by atoms with E-state index in [1.807, 2.05) is 20.0 Å². The Labute approximate surface area is 74.0 Å². The number of nitrogen functional groups attached to an aromatic ring is 1. The normalized spacial score (nSPS) is 9.92. The fourth-order valence-electron chi connectivity index (χ4n) is 1.19. The summed E-state index contributed by atoms with van der Waals surface area (Å²) >= 11 is 0. The average molecular weight is 164 g/mol. The smallest absolute Gasteiger partial charge is 0.0597 e. The third-order valence-corrected chi connectivity index (χ3v) is 2.07. The number of anilines is 2. The molecule has 0 saturated carbocycles. The van der Waals surface area contributed by atoms with Gasteiger partial charge >= 0.3 is 0 Å². The van der Waals surface area contributed by atoms with Crippen LogP contribution in [0.4, 0.5) is 11.4 Å². The zero-order chi connectivity index (χ0) is 9.14. The maximum Gasteiger partial charge on any atom is 0.0597 e. The van der Waals surface area contributed by atoms with Gasteiger partial charge < -0.3 is 10.6 Å². The molecule has 0 heterocycles. The largest absolute Gasteiger partial charge is 0.397 e. The first-order valence-corrected chi connectivity index (χ1v) is 4.22. The lowest BCUT2D eigenvalue weighted by molar-refractivity contribution is 0.969. The monoisotopic (exact) mass is 164 g/mol. The van der Waals surface area contributed by atoms with Crippen LogP contribution in [-0.4, -0.2) is 13.6 Å². The summed E-state index contributed by atoms with van der Waals surface area (Å²) in [5.41, 5.74) is 9.04. The highest BCUT2D eigenvalue weighted by Crippen LogP contribution is 2.22. The molecule has 0 aliphatic carbocycles. The number of hydrogen-bond acceptors (Lipinski definition) is 2. The molecular formula is C10H16N2. The predicted octanol–water partition coefficient (Wildman–Crippen LogP) is 2.03. The Bertz CT molecular complexity index is 269. The molecule has 0 spiro atoms. The van der Waals surface area contributed by atoms with Gasteiger partial charge in [0, 0.05) is 13.6 Å². The van der Waals surface area contributed by atoms with Crippen molar-refractivity contribution in [1.29, 1.82) is 0 Å². The maximum atomic E-state index is 5.86. The van der Waals surface area contributed by atoms with Crippen molar-refractivity contribution in [2.45, 2.75) is 13.8 Å². The van der Waals surface area contributed by atoms with Crippen LogP contribution in [0.5, 0.6) is 0 Å². The van der Waals surface area contributed by atoms with Crippen LogP contribution in [0.1, 0.15) is 12.5 Å². The summed E-state index contributed by atoms with van der Waals surface area (Å²) in [6, 6.07) is 6.15. The fraction of sp³-hybridized carbons (Fsp3) is 0.400. The SMILES string of the molecule is CCN(C)c1ccc(C)cc1N. The third kappa shape index (κ3) is 1.70. The fourth-order valence-corrected chi connectivity index (χ4v) is 1.19. The lowest BCUT2D eigenvalue weighted by Gasteiger charge is -2.18. The summed E-state index contributed by atoms with van der Waals surface area (Å²) in [7, 11) is 2.04. The molecule has 2 N–H and O–H groups in total. The first kappa shape index (κ1) is 8.91. The molecule has 0 saturated heterocycles. The van der Waals surface area contributed by atoms with Crippen molar-refractivity contribution in [3.05, 3.63) is 23.8 Å². The van der Waals surface area contributed by atoms with E-state index in [0.717, 1.165) is 17.9 Å². The third-order valence-electron chi connectivity index (χ3n) is 2.07. The van der Waals surface area contributed by atoms with Gasteiger partial charge in [0.15, 0.2) is 0 Å². The Balaban J connectivity index is 3.01. The minimum absolute atomic E-state index is 0.861. The Kier molecular flexibility index (Phi) is 2.58. The molecule has 0 radical (unpaired) electrons. The highest BCUT2D eigenvalue weighted by Gasteiger charge is 2.01. The van der Waals surface area contributed by atoms with E-state index in [0.29, 0.717) is 0 Å². The molecule has 0 aliphatic heterocycles. The summed E-state index contributed by atoms with van der Waals surface area (Å²) in [4.78, 5) is 2.13. The van der Waals surface area contributed by atoms with Crippen LogP contribution in [0.25, 0.3) is 0 Å². The molecule has 0 aliphatic rings. The molecule has 66 valence electrons. The minimum Gasteiger partial charge on any atom is -0.397 e. The molecular weight excluding hydrogens is 148 g/mol. The van der Waals surface area contributed by atoms with E-state index in [4.69, 9.17) is 5.73 Å². The average Bonchev–Trinajstić information content (AvgIpc) is 2.03. The standard InChI is InChI=1S/C10H16N2/c1-4-12(3)10-6-5-8(2)7-9(10)11/h5-7H,4,11H2,1-3H3. The van der Waals surface area contributed by atoms with Crippen molar-refractivity contribution < 1.29 is 0 Å². The number of nitrogens with two attached hydrogens (primary N) is 1. The van der Waals surface area contributed by atoms with Gasteiger partial charge in [0.1, 0.15) is 0 Å². The number of rotatable bonds is 2. The molecule has 0 atom stereocenters. The molecule has 12 heavy (non-hydrogen) atoms. The van der Waals surface area contributed by atoms with E-state index in [9.17, 15) is 0 Å². The van der Waals surface area contributed by atoms with Gasteiger partial charge in [-0.3, -0.25) is 0 Å². The summed E-state index contributed by atoms with van der Waals surface area (Å²) < 4.78 is 0. The van der Waals surface area contributed by atoms with Crippen molar-refractivity contribution in [1.82, 2.24) is 0 Å². The zero-order valence-corrected chi connectivity index (χ0v) is 7.96. The lowest BCUT2D eigenvalue weighted by atomic mass is 10.2. The summed E-state index contributed by atoms with van der Waals surface area (Å²) in [6.07, 6.45) is 0. The summed E-state index contributed by atoms with van der Waals surface area (Å²) in [5, 5.41) is 0. The predicted molar refractivity (Wildman–Crippen MR) is 54.5 cm³/mol. The van der Waals surface area contributed by atoms with Gasteiger partial charge in [0.2, 0.25) is 0 Å². The second-order valence-corrected chi connectivity index (χ2v) is 3.08. The Hall–Kier alpha value is -1.18. The number of aryl methyl sites for hydroxylation is 1. The molecule has 0 bridgehead atoms. The van der Waals surface area contributed by atoms with E-state index in [1.54, 1.807) is 0 Å². The molecule has 0 fully saturated rings. The molecule has 0 aromatic heterocycles. The Morgan fingerprint density at radius 3 is 2.58 bits per heavy atom. The van der Waals surface area contributed by atoms with Crippen molar-refractivity contribution in [2.24, 2.45) is 0 Å². The van der Waals surface area contributed by atoms with Crippen molar-refractivity contribution >= 4 is 11.4 Å². The van der Waals surface area contributed by atoms with E-state index in [-0.39, 0.29) is 0 Å². The van der Waals surface area contributed by atoms with Gasteiger partial charge in [-0.1, -0.05) is 6.07 Å². The summed E-state index contributed by atoms with van der Waals surface area (Å²) in [6.45, 7) is 5.14. The van der Waals surface area contributed by atoms with Gasteiger partial charge in [0.25, 0.3) is 0 Å². The molecule has 2 heteroatoms. The van der Waals surface area contributed by atoms with Crippen LogP contribution in [-0.2, 0) is 0 Å². The molecule has 1 aromatic rings. The van der Waals surface area contributed by atoms with Crippen molar-refractivity contribution in [2.75, 3.05) is 24.2 Å². The van der Waals surface area contributed by atoms with Gasteiger partial charge in [-0.05, 0) is 31.5 Å². The van der Waals surface area contributed by atoms with E-state index >= 15 is 0 Å². The molecule has 0 unspecified atom stereocenters. The first-order chi connectivity index (χ1) is 5.65. The quantitative estimate of drug-likeness (QED) is 0.678. The van der Waals surface area contributed by atoms with Gasteiger partial charge in [-0.2, -0.15) is 0 Å². The lowest BCUT2D eigenvalue weighted by Crippen LogP contribution is -2.17. The van der Waals surface area contributed by atoms with E-state index < -0.39 is 0 Å². The second-order valence-electron chi connectivity index (χ2n) is 3.08. The molecule has 2 nitrogen and oxygen atoms in total. The van der Waals surface area contributed by atoms with Crippen molar-refractivity contribution in [3.63, 3.8) is 0 Å². The number of nitrogens with zero attached hydrogens (tertiary/aromatic N) is 1. The number of hydrogen-bond donors (Lipinski definition) is 1.